The highest BCUT2D eigenvalue weighted by atomic mass is 35.5. The summed E-state index contributed by atoms with van der Waals surface area (Å²) in [6.45, 7) is 0. The first kappa shape index (κ1) is 10.3. The standard InChI is InChI=1S/C13H13ClN2S/c14-11-9-3-4-17-13(9)16-12(15-11)10-6-7-1-2-8(10)5-7/h3-4,7-8,10H,1-2,5-6H2. The van der Waals surface area contributed by atoms with E-state index in [0.29, 0.717) is 11.1 Å². The molecule has 4 rings (SSSR count). The highest BCUT2D eigenvalue weighted by Crippen LogP contribution is 2.52. The normalized spacial score (nSPS) is 31.5. The van der Waals surface area contributed by atoms with E-state index in [9.17, 15) is 0 Å². The second kappa shape index (κ2) is 3.66. The fourth-order valence-corrected chi connectivity index (χ4v) is 4.63. The highest BCUT2D eigenvalue weighted by Gasteiger charge is 2.41. The summed E-state index contributed by atoms with van der Waals surface area (Å²) in [7, 11) is 0. The van der Waals surface area contributed by atoms with Crippen molar-refractivity contribution in [3.05, 3.63) is 22.4 Å². The zero-order valence-electron chi connectivity index (χ0n) is 9.40. The maximum Gasteiger partial charge on any atom is 0.141 e. The lowest BCUT2D eigenvalue weighted by atomic mass is 9.88. The summed E-state index contributed by atoms with van der Waals surface area (Å²) in [6.07, 6.45) is 5.43. The minimum Gasteiger partial charge on any atom is -0.222 e. The quantitative estimate of drug-likeness (QED) is 0.720. The van der Waals surface area contributed by atoms with E-state index < -0.39 is 0 Å². The van der Waals surface area contributed by atoms with Crippen LogP contribution in [0.15, 0.2) is 11.4 Å². The molecule has 2 fully saturated rings. The van der Waals surface area contributed by atoms with E-state index in [2.05, 4.69) is 4.98 Å². The number of fused-ring (bicyclic) bond motifs is 3. The molecular formula is C13H13ClN2S. The molecule has 4 heteroatoms. The third kappa shape index (κ3) is 1.52. The Morgan fingerprint density at radius 1 is 1.24 bits per heavy atom. The van der Waals surface area contributed by atoms with Crippen LogP contribution < -0.4 is 0 Å². The van der Waals surface area contributed by atoms with Crippen molar-refractivity contribution in [1.82, 2.24) is 9.97 Å². The van der Waals surface area contributed by atoms with Gasteiger partial charge in [0.15, 0.2) is 0 Å². The van der Waals surface area contributed by atoms with E-state index in [4.69, 9.17) is 16.6 Å². The Balaban J connectivity index is 1.80. The van der Waals surface area contributed by atoms with E-state index in [0.717, 1.165) is 27.9 Å². The van der Waals surface area contributed by atoms with Crippen LogP contribution in [0.3, 0.4) is 0 Å². The first-order valence-corrected chi connectivity index (χ1v) is 7.47. The molecule has 2 aliphatic rings. The second-order valence-electron chi connectivity index (χ2n) is 5.29. The number of halogens is 1. The number of thiophene rings is 1. The molecule has 3 atom stereocenters. The van der Waals surface area contributed by atoms with Crippen molar-refractivity contribution in [3.8, 4) is 0 Å². The molecule has 2 heterocycles. The van der Waals surface area contributed by atoms with Crippen molar-refractivity contribution in [2.75, 3.05) is 0 Å². The zero-order valence-corrected chi connectivity index (χ0v) is 11.0. The van der Waals surface area contributed by atoms with Gasteiger partial charge in [0, 0.05) is 11.3 Å². The third-order valence-electron chi connectivity index (χ3n) is 4.37. The molecule has 0 aliphatic heterocycles. The average Bonchev–Trinajstić information content (AvgIpc) is 3.04. The van der Waals surface area contributed by atoms with Crippen LogP contribution in [0.2, 0.25) is 5.15 Å². The molecule has 88 valence electrons. The van der Waals surface area contributed by atoms with Gasteiger partial charge in [0.05, 0.1) is 0 Å². The first-order valence-electron chi connectivity index (χ1n) is 6.22. The largest absolute Gasteiger partial charge is 0.222 e. The number of hydrogen-bond donors (Lipinski definition) is 0. The van der Waals surface area contributed by atoms with Crippen molar-refractivity contribution < 1.29 is 0 Å². The molecule has 0 amide bonds. The molecule has 2 bridgehead atoms. The highest BCUT2D eigenvalue weighted by molar-refractivity contribution is 7.16. The van der Waals surface area contributed by atoms with E-state index >= 15 is 0 Å². The van der Waals surface area contributed by atoms with Gasteiger partial charge < -0.3 is 0 Å². The Hall–Kier alpha value is -0.670. The second-order valence-corrected chi connectivity index (χ2v) is 6.55. The predicted molar refractivity (Wildman–Crippen MR) is 70.6 cm³/mol. The van der Waals surface area contributed by atoms with Gasteiger partial charge in [-0.1, -0.05) is 18.0 Å². The van der Waals surface area contributed by atoms with Crippen LogP contribution in [0.5, 0.6) is 0 Å². The van der Waals surface area contributed by atoms with Gasteiger partial charge in [0.1, 0.15) is 15.8 Å². The van der Waals surface area contributed by atoms with Gasteiger partial charge in [-0.15, -0.1) is 11.3 Å². The molecule has 2 aromatic rings. The summed E-state index contributed by atoms with van der Waals surface area (Å²) in [5.41, 5.74) is 0. The van der Waals surface area contributed by atoms with E-state index in [1.165, 1.54) is 25.7 Å². The monoisotopic (exact) mass is 264 g/mol. The Labute approximate surface area is 109 Å². The zero-order chi connectivity index (χ0) is 11.4. The predicted octanol–water partition coefficient (Wildman–Crippen LogP) is 4.25. The van der Waals surface area contributed by atoms with Gasteiger partial charge in [-0.25, -0.2) is 9.97 Å². The summed E-state index contributed by atoms with van der Waals surface area (Å²) in [5.74, 6) is 3.30. The van der Waals surface area contributed by atoms with Crippen molar-refractivity contribution in [2.45, 2.75) is 31.6 Å². The minimum absolute atomic E-state index is 0.567. The minimum atomic E-state index is 0.567. The SMILES string of the molecule is Clc1nc(C2CC3CCC2C3)nc2sccc12. The maximum atomic E-state index is 6.24. The molecule has 0 aromatic carbocycles. The summed E-state index contributed by atoms with van der Waals surface area (Å²) in [6, 6.07) is 2.01. The molecule has 17 heavy (non-hydrogen) atoms. The van der Waals surface area contributed by atoms with Crippen LogP contribution in [0.1, 0.15) is 37.4 Å². The van der Waals surface area contributed by atoms with Gasteiger partial charge in [-0.3, -0.25) is 0 Å². The smallest absolute Gasteiger partial charge is 0.141 e. The number of nitrogens with zero attached hydrogens (tertiary/aromatic N) is 2. The van der Waals surface area contributed by atoms with Crippen LogP contribution in [0.4, 0.5) is 0 Å². The number of hydrogen-bond acceptors (Lipinski definition) is 3. The molecular weight excluding hydrogens is 252 g/mol. The topological polar surface area (TPSA) is 25.8 Å². The van der Waals surface area contributed by atoms with E-state index in [1.54, 1.807) is 11.3 Å². The molecule has 2 saturated carbocycles. The fourth-order valence-electron chi connectivity index (χ4n) is 3.56. The Morgan fingerprint density at radius 3 is 2.94 bits per heavy atom. The lowest BCUT2D eigenvalue weighted by Gasteiger charge is -2.20. The van der Waals surface area contributed by atoms with Gasteiger partial charge in [0.2, 0.25) is 0 Å². The number of rotatable bonds is 1. The molecule has 0 saturated heterocycles. The molecule has 0 N–H and O–H groups in total. The van der Waals surface area contributed by atoms with Crippen LogP contribution in [-0.4, -0.2) is 9.97 Å². The van der Waals surface area contributed by atoms with E-state index in [-0.39, 0.29) is 0 Å². The average molecular weight is 265 g/mol. The van der Waals surface area contributed by atoms with Crippen molar-refractivity contribution in [2.24, 2.45) is 11.8 Å². The molecule has 0 spiro atoms. The molecule has 2 nitrogen and oxygen atoms in total. The Morgan fingerprint density at radius 2 is 2.18 bits per heavy atom. The van der Waals surface area contributed by atoms with Crippen LogP contribution in [-0.2, 0) is 0 Å². The summed E-state index contributed by atoms with van der Waals surface area (Å²) in [5, 5.41) is 3.67. The van der Waals surface area contributed by atoms with Crippen LogP contribution in [0.25, 0.3) is 10.2 Å². The lowest BCUT2D eigenvalue weighted by molar-refractivity contribution is 0.406. The molecule has 2 aliphatic carbocycles. The van der Waals surface area contributed by atoms with Crippen LogP contribution >= 0.6 is 22.9 Å². The molecule has 0 radical (unpaired) electrons. The Bertz CT molecular complexity index is 580. The molecule has 2 aromatic heterocycles. The van der Waals surface area contributed by atoms with Gasteiger partial charge in [-0.2, -0.15) is 0 Å². The van der Waals surface area contributed by atoms with Crippen molar-refractivity contribution in [3.63, 3.8) is 0 Å². The third-order valence-corrected chi connectivity index (χ3v) is 5.46. The Kier molecular flexibility index (Phi) is 2.21. The lowest BCUT2D eigenvalue weighted by Crippen LogP contribution is -2.12. The molecule has 3 unspecified atom stereocenters. The summed E-state index contributed by atoms with van der Waals surface area (Å²) >= 11 is 7.90. The summed E-state index contributed by atoms with van der Waals surface area (Å²) < 4.78 is 0. The number of aromatic nitrogens is 2. The fraction of sp³-hybridized carbons (Fsp3) is 0.538. The van der Waals surface area contributed by atoms with E-state index in [1.807, 2.05) is 11.4 Å². The van der Waals surface area contributed by atoms with Crippen LogP contribution in [0, 0.1) is 11.8 Å². The first-order chi connectivity index (χ1) is 8.31. The van der Waals surface area contributed by atoms with Crippen molar-refractivity contribution >= 4 is 33.2 Å². The maximum absolute atomic E-state index is 6.24. The van der Waals surface area contributed by atoms with Gasteiger partial charge in [-0.05, 0) is 42.5 Å². The van der Waals surface area contributed by atoms with Crippen molar-refractivity contribution in [1.29, 1.82) is 0 Å². The summed E-state index contributed by atoms with van der Waals surface area (Å²) in [4.78, 5) is 10.3. The van der Waals surface area contributed by atoms with Gasteiger partial charge >= 0.3 is 0 Å². The van der Waals surface area contributed by atoms with Gasteiger partial charge in [0.25, 0.3) is 0 Å².